The molecule has 1 aromatic rings. The molecular formula is C11H13ClF3NO2. The highest BCUT2D eigenvalue weighted by Gasteiger charge is 2.27. The first-order chi connectivity index (χ1) is 8.38. The Hall–Kier alpha value is -0.980. The minimum Gasteiger partial charge on any atom is -0.506 e. The summed E-state index contributed by atoms with van der Waals surface area (Å²) in [6.07, 6.45) is -4.29. The summed E-state index contributed by atoms with van der Waals surface area (Å²) in [5.74, 6) is -0.00562. The van der Waals surface area contributed by atoms with Gasteiger partial charge in [0.2, 0.25) is 0 Å². The van der Waals surface area contributed by atoms with Crippen molar-refractivity contribution in [3.63, 3.8) is 0 Å². The van der Waals surface area contributed by atoms with Gasteiger partial charge < -0.3 is 15.2 Å². The van der Waals surface area contributed by atoms with Crippen LogP contribution in [0, 0.1) is 0 Å². The Morgan fingerprint density at radius 3 is 2.67 bits per heavy atom. The molecule has 1 aromatic carbocycles. The van der Waals surface area contributed by atoms with Crippen molar-refractivity contribution in [2.75, 3.05) is 19.8 Å². The average Bonchev–Trinajstić information content (AvgIpc) is 2.26. The predicted octanol–water partition coefficient (Wildman–Crippen LogP) is 2.71. The maximum absolute atomic E-state index is 11.7. The summed E-state index contributed by atoms with van der Waals surface area (Å²) < 4.78 is 39.6. The van der Waals surface area contributed by atoms with E-state index in [1.807, 2.05) is 0 Å². The Morgan fingerprint density at radius 1 is 1.33 bits per heavy atom. The largest absolute Gasteiger partial charge is 0.506 e. The van der Waals surface area contributed by atoms with Crippen LogP contribution in [0.5, 0.6) is 5.75 Å². The van der Waals surface area contributed by atoms with Crippen LogP contribution in [-0.2, 0) is 11.3 Å². The van der Waals surface area contributed by atoms with E-state index in [2.05, 4.69) is 10.1 Å². The van der Waals surface area contributed by atoms with Gasteiger partial charge in [0, 0.05) is 13.1 Å². The van der Waals surface area contributed by atoms with Gasteiger partial charge >= 0.3 is 6.18 Å². The number of nitrogens with one attached hydrogen (secondary N) is 1. The first kappa shape index (κ1) is 15.1. The van der Waals surface area contributed by atoms with Crippen molar-refractivity contribution >= 4 is 11.6 Å². The molecule has 0 aliphatic rings. The second kappa shape index (κ2) is 6.82. The number of halogens is 4. The Bertz CT molecular complexity index is 385. The summed E-state index contributed by atoms with van der Waals surface area (Å²) >= 11 is 5.70. The topological polar surface area (TPSA) is 41.5 Å². The molecule has 102 valence electrons. The van der Waals surface area contributed by atoms with E-state index >= 15 is 0 Å². The zero-order valence-electron chi connectivity index (χ0n) is 9.43. The molecule has 0 heterocycles. The van der Waals surface area contributed by atoms with E-state index in [0.29, 0.717) is 13.1 Å². The summed E-state index contributed by atoms with van der Waals surface area (Å²) in [6, 6.07) is 4.71. The Morgan fingerprint density at radius 2 is 2.06 bits per heavy atom. The summed E-state index contributed by atoms with van der Waals surface area (Å²) in [5, 5.41) is 12.3. The number of rotatable bonds is 6. The van der Waals surface area contributed by atoms with Gasteiger partial charge in [-0.3, -0.25) is 0 Å². The molecule has 0 bridgehead atoms. The van der Waals surface area contributed by atoms with Crippen molar-refractivity contribution in [3.8, 4) is 5.75 Å². The lowest BCUT2D eigenvalue weighted by Gasteiger charge is -2.08. The van der Waals surface area contributed by atoms with Crippen LogP contribution in [0.2, 0.25) is 5.02 Å². The fraction of sp³-hybridized carbons (Fsp3) is 0.455. The second-order valence-electron chi connectivity index (χ2n) is 3.63. The van der Waals surface area contributed by atoms with E-state index < -0.39 is 12.8 Å². The number of phenols is 1. The Labute approximate surface area is 108 Å². The number of aromatic hydroxyl groups is 1. The van der Waals surface area contributed by atoms with Crippen LogP contribution >= 0.6 is 11.6 Å². The smallest absolute Gasteiger partial charge is 0.411 e. The second-order valence-corrected chi connectivity index (χ2v) is 4.04. The molecule has 0 unspecified atom stereocenters. The number of phenolic OH excluding ortho intramolecular Hbond substituents is 1. The molecule has 0 amide bonds. The lowest BCUT2D eigenvalue weighted by molar-refractivity contribution is -0.173. The molecule has 7 heteroatoms. The molecule has 0 spiro atoms. The van der Waals surface area contributed by atoms with Crippen LogP contribution in [0.15, 0.2) is 18.2 Å². The van der Waals surface area contributed by atoms with Gasteiger partial charge in [-0.1, -0.05) is 17.7 Å². The minimum absolute atomic E-state index is 0.00562. The first-order valence-electron chi connectivity index (χ1n) is 5.21. The zero-order chi connectivity index (χ0) is 13.6. The van der Waals surface area contributed by atoms with E-state index in [1.54, 1.807) is 12.1 Å². The number of hydrogen-bond acceptors (Lipinski definition) is 3. The van der Waals surface area contributed by atoms with Gasteiger partial charge in [0.1, 0.15) is 12.4 Å². The van der Waals surface area contributed by atoms with Crippen LogP contribution in [0.25, 0.3) is 0 Å². The van der Waals surface area contributed by atoms with Crippen LogP contribution in [0.3, 0.4) is 0 Å². The zero-order valence-corrected chi connectivity index (χ0v) is 10.2. The van der Waals surface area contributed by atoms with Gasteiger partial charge in [-0.15, -0.1) is 0 Å². The number of alkyl halides is 3. The molecule has 0 radical (unpaired) electrons. The van der Waals surface area contributed by atoms with Gasteiger partial charge in [-0.05, 0) is 17.7 Å². The molecule has 0 saturated carbocycles. The third-order valence-electron chi connectivity index (χ3n) is 2.03. The monoisotopic (exact) mass is 283 g/mol. The van der Waals surface area contributed by atoms with Crippen LogP contribution in [0.1, 0.15) is 5.56 Å². The lowest BCUT2D eigenvalue weighted by atomic mass is 10.2. The van der Waals surface area contributed by atoms with Crippen molar-refractivity contribution < 1.29 is 23.0 Å². The van der Waals surface area contributed by atoms with Crippen molar-refractivity contribution in [3.05, 3.63) is 28.8 Å². The molecule has 0 fully saturated rings. The Balaban J connectivity index is 2.16. The maximum atomic E-state index is 11.7. The van der Waals surface area contributed by atoms with Crippen molar-refractivity contribution in [1.82, 2.24) is 5.32 Å². The van der Waals surface area contributed by atoms with E-state index in [-0.39, 0.29) is 17.4 Å². The number of hydrogen-bond donors (Lipinski definition) is 2. The predicted molar refractivity (Wildman–Crippen MR) is 61.7 cm³/mol. The molecule has 18 heavy (non-hydrogen) atoms. The fourth-order valence-electron chi connectivity index (χ4n) is 1.23. The fourth-order valence-corrected chi connectivity index (χ4v) is 1.43. The van der Waals surface area contributed by atoms with Crippen molar-refractivity contribution in [2.45, 2.75) is 12.7 Å². The molecule has 0 atom stereocenters. The molecule has 1 rings (SSSR count). The third-order valence-corrected chi connectivity index (χ3v) is 2.33. The standard InChI is InChI=1S/C11H13ClF3NO2/c12-9-5-8(1-2-10(9)17)6-16-3-4-18-7-11(13,14)15/h1-2,5,16-17H,3-4,6-7H2. The molecular weight excluding hydrogens is 271 g/mol. The number of benzene rings is 1. The summed E-state index contributed by atoms with van der Waals surface area (Å²) in [6.45, 7) is -0.519. The normalized spacial score (nSPS) is 11.8. The number of ether oxygens (including phenoxy) is 1. The highest BCUT2D eigenvalue weighted by Crippen LogP contribution is 2.23. The van der Waals surface area contributed by atoms with Crippen molar-refractivity contribution in [2.24, 2.45) is 0 Å². The summed E-state index contributed by atoms with van der Waals surface area (Å²) in [4.78, 5) is 0. The maximum Gasteiger partial charge on any atom is 0.411 e. The summed E-state index contributed by atoms with van der Waals surface area (Å²) in [7, 11) is 0. The minimum atomic E-state index is -4.29. The molecule has 2 N–H and O–H groups in total. The van der Waals surface area contributed by atoms with E-state index in [4.69, 9.17) is 11.6 Å². The lowest BCUT2D eigenvalue weighted by Crippen LogP contribution is -2.23. The quantitative estimate of drug-likeness (QED) is 0.789. The van der Waals surface area contributed by atoms with Gasteiger partial charge in [0.25, 0.3) is 0 Å². The van der Waals surface area contributed by atoms with Crippen LogP contribution in [0.4, 0.5) is 13.2 Å². The van der Waals surface area contributed by atoms with Gasteiger partial charge in [0.05, 0.1) is 11.6 Å². The van der Waals surface area contributed by atoms with Crippen LogP contribution in [-0.4, -0.2) is 31.0 Å². The molecule has 0 aromatic heterocycles. The van der Waals surface area contributed by atoms with Gasteiger partial charge in [-0.2, -0.15) is 13.2 Å². The highest BCUT2D eigenvalue weighted by atomic mass is 35.5. The Kier molecular flexibility index (Phi) is 5.71. The third kappa shape index (κ3) is 6.09. The van der Waals surface area contributed by atoms with E-state index in [0.717, 1.165) is 5.56 Å². The summed E-state index contributed by atoms with van der Waals surface area (Å²) in [5.41, 5.74) is 0.827. The van der Waals surface area contributed by atoms with Gasteiger partial charge in [-0.25, -0.2) is 0 Å². The molecule has 0 aliphatic heterocycles. The highest BCUT2D eigenvalue weighted by molar-refractivity contribution is 6.32. The van der Waals surface area contributed by atoms with E-state index in [9.17, 15) is 18.3 Å². The van der Waals surface area contributed by atoms with Gasteiger partial charge in [0.15, 0.2) is 0 Å². The van der Waals surface area contributed by atoms with E-state index in [1.165, 1.54) is 6.07 Å². The molecule has 0 aliphatic carbocycles. The molecule has 3 nitrogen and oxygen atoms in total. The van der Waals surface area contributed by atoms with Crippen molar-refractivity contribution in [1.29, 1.82) is 0 Å². The SMILES string of the molecule is Oc1ccc(CNCCOCC(F)(F)F)cc1Cl. The first-order valence-corrected chi connectivity index (χ1v) is 5.59. The average molecular weight is 284 g/mol. The molecule has 0 saturated heterocycles. The van der Waals surface area contributed by atoms with Crippen LogP contribution < -0.4 is 5.32 Å².